The number of nitrogens with one attached hydrogen (secondary N) is 1. The maximum Gasteiger partial charge on any atom is 0.307 e. The Kier molecular flexibility index (Phi) is 6.16. The first-order valence-electron chi connectivity index (χ1n) is 6.35. The molecule has 1 heterocycles. The summed E-state index contributed by atoms with van der Waals surface area (Å²) in [6.07, 6.45) is 0.109. The van der Waals surface area contributed by atoms with Crippen LogP contribution in [0, 0.1) is 0 Å². The average Bonchev–Trinajstić information content (AvgIpc) is 2.88. The van der Waals surface area contributed by atoms with Crippen LogP contribution in [-0.2, 0) is 19.1 Å². The minimum atomic E-state index is -0.377. The van der Waals surface area contributed by atoms with Crippen molar-refractivity contribution in [3.63, 3.8) is 0 Å². The molecule has 1 amide bonds. The summed E-state index contributed by atoms with van der Waals surface area (Å²) in [5.41, 5.74) is -0.377. The third kappa shape index (κ3) is 6.16. The fourth-order valence-electron chi connectivity index (χ4n) is 1.48. The lowest BCUT2D eigenvalue weighted by molar-refractivity contribution is -0.141. The molecule has 112 valence electrons. The summed E-state index contributed by atoms with van der Waals surface area (Å²) in [5, 5.41) is 4.70. The summed E-state index contributed by atoms with van der Waals surface area (Å²) in [7, 11) is 1.33. The molecule has 0 saturated heterocycles. The third-order valence-corrected chi connectivity index (χ3v) is 3.44. The highest BCUT2D eigenvalue weighted by molar-refractivity contribution is 7.10. The first-order valence-corrected chi connectivity index (χ1v) is 7.23. The fraction of sp³-hybridized carbons (Fsp3) is 0.571. The molecule has 1 aromatic heterocycles. The standard InChI is InChI=1S/C14H21NO4S/c1-14(2,3)19-9-12(16)15-10(8-13(17)18-4)11-6-5-7-20-11/h5-7,10H,8-9H2,1-4H3,(H,15,16). The quantitative estimate of drug-likeness (QED) is 0.819. The molecule has 1 rings (SSSR count). The van der Waals surface area contributed by atoms with Crippen LogP contribution in [0.25, 0.3) is 0 Å². The molecule has 1 atom stereocenters. The van der Waals surface area contributed by atoms with Crippen molar-refractivity contribution in [1.29, 1.82) is 0 Å². The van der Waals surface area contributed by atoms with Crippen molar-refractivity contribution in [3.05, 3.63) is 22.4 Å². The Morgan fingerprint density at radius 1 is 1.40 bits per heavy atom. The van der Waals surface area contributed by atoms with Gasteiger partial charge in [-0.05, 0) is 32.2 Å². The molecule has 0 aliphatic heterocycles. The van der Waals surface area contributed by atoms with Gasteiger partial charge in [-0.3, -0.25) is 9.59 Å². The topological polar surface area (TPSA) is 64.6 Å². The van der Waals surface area contributed by atoms with Gasteiger partial charge in [-0.15, -0.1) is 11.3 Å². The molecule has 6 heteroatoms. The average molecular weight is 299 g/mol. The smallest absolute Gasteiger partial charge is 0.307 e. The van der Waals surface area contributed by atoms with Crippen molar-refractivity contribution in [2.45, 2.75) is 38.8 Å². The zero-order valence-corrected chi connectivity index (χ0v) is 13.1. The number of amides is 1. The minimum absolute atomic E-state index is 0.0352. The number of hydrogen-bond acceptors (Lipinski definition) is 5. The largest absolute Gasteiger partial charge is 0.469 e. The second kappa shape index (κ2) is 7.40. The van der Waals surface area contributed by atoms with E-state index in [1.54, 1.807) is 0 Å². The molecular weight excluding hydrogens is 278 g/mol. The summed E-state index contributed by atoms with van der Waals surface area (Å²) < 4.78 is 10.1. The molecule has 1 N–H and O–H groups in total. The molecule has 0 spiro atoms. The summed E-state index contributed by atoms with van der Waals surface area (Å²) in [4.78, 5) is 24.2. The van der Waals surface area contributed by atoms with Crippen LogP contribution in [0.15, 0.2) is 17.5 Å². The summed E-state index contributed by atoms with van der Waals surface area (Å²) in [6, 6.07) is 3.38. The van der Waals surface area contributed by atoms with Crippen molar-refractivity contribution < 1.29 is 19.1 Å². The number of rotatable bonds is 6. The Balaban J connectivity index is 2.61. The normalized spacial score (nSPS) is 12.8. The zero-order valence-electron chi connectivity index (χ0n) is 12.3. The van der Waals surface area contributed by atoms with Gasteiger partial charge < -0.3 is 14.8 Å². The minimum Gasteiger partial charge on any atom is -0.469 e. The lowest BCUT2D eigenvalue weighted by Gasteiger charge is -2.21. The van der Waals surface area contributed by atoms with Crippen molar-refractivity contribution in [1.82, 2.24) is 5.32 Å². The Morgan fingerprint density at radius 2 is 2.10 bits per heavy atom. The van der Waals surface area contributed by atoms with Crippen molar-refractivity contribution >= 4 is 23.2 Å². The molecule has 0 fully saturated rings. The summed E-state index contributed by atoms with van der Waals surface area (Å²) in [5.74, 6) is -0.609. The van der Waals surface area contributed by atoms with Crippen LogP contribution in [-0.4, -0.2) is 31.2 Å². The fourth-order valence-corrected chi connectivity index (χ4v) is 2.26. The van der Waals surface area contributed by atoms with E-state index >= 15 is 0 Å². The first kappa shape index (κ1) is 16.7. The van der Waals surface area contributed by atoms with Crippen LogP contribution in [0.1, 0.15) is 38.1 Å². The van der Waals surface area contributed by atoms with E-state index in [9.17, 15) is 9.59 Å². The van der Waals surface area contributed by atoms with E-state index in [-0.39, 0.29) is 36.5 Å². The monoisotopic (exact) mass is 299 g/mol. The van der Waals surface area contributed by atoms with E-state index in [1.165, 1.54) is 18.4 Å². The number of methoxy groups -OCH3 is 1. The number of hydrogen-bond donors (Lipinski definition) is 1. The van der Waals surface area contributed by atoms with Gasteiger partial charge in [-0.2, -0.15) is 0 Å². The van der Waals surface area contributed by atoms with Gasteiger partial charge in [0.1, 0.15) is 6.61 Å². The van der Waals surface area contributed by atoms with Crippen molar-refractivity contribution in [2.75, 3.05) is 13.7 Å². The molecule has 0 aliphatic rings. The molecule has 20 heavy (non-hydrogen) atoms. The summed E-state index contributed by atoms with van der Waals surface area (Å²) >= 11 is 1.49. The van der Waals surface area contributed by atoms with Crippen LogP contribution < -0.4 is 5.32 Å². The van der Waals surface area contributed by atoms with E-state index in [0.717, 1.165) is 4.88 Å². The van der Waals surface area contributed by atoms with Crippen molar-refractivity contribution in [2.24, 2.45) is 0 Å². The van der Waals surface area contributed by atoms with E-state index in [1.807, 2.05) is 38.3 Å². The maximum atomic E-state index is 11.9. The highest BCUT2D eigenvalue weighted by Gasteiger charge is 2.21. The number of carbonyl (C=O) groups is 2. The molecule has 0 aromatic carbocycles. The molecule has 5 nitrogen and oxygen atoms in total. The van der Waals surface area contributed by atoms with Gasteiger partial charge in [0, 0.05) is 4.88 Å². The predicted molar refractivity (Wildman–Crippen MR) is 77.5 cm³/mol. The second-order valence-electron chi connectivity index (χ2n) is 5.32. The van der Waals surface area contributed by atoms with Gasteiger partial charge in [-0.25, -0.2) is 0 Å². The van der Waals surface area contributed by atoms with Crippen LogP contribution >= 0.6 is 11.3 Å². The second-order valence-corrected chi connectivity index (χ2v) is 6.30. The SMILES string of the molecule is COC(=O)CC(NC(=O)COC(C)(C)C)c1cccs1. The van der Waals surface area contributed by atoms with E-state index in [0.29, 0.717) is 0 Å². The van der Waals surface area contributed by atoms with Gasteiger partial charge in [0.2, 0.25) is 5.91 Å². The Morgan fingerprint density at radius 3 is 2.60 bits per heavy atom. The van der Waals surface area contributed by atoms with Gasteiger partial charge >= 0.3 is 5.97 Å². The van der Waals surface area contributed by atoms with Gasteiger partial charge in [0.15, 0.2) is 0 Å². The van der Waals surface area contributed by atoms with Crippen LogP contribution in [0.2, 0.25) is 0 Å². The van der Waals surface area contributed by atoms with E-state index < -0.39 is 0 Å². The highest BCUT2D eigenvalue weighted by Crippen LogP contribution is 2.22. The number of ether oxygens (including phenoxy) is 2. The van der Waals surface area contributed by atoms with Crippen molar-refractivity contribution in [3.8, 4) is 0 Å². The van der Waals surface area contributed by atoms with Gasteiger partial charge in [0.05, 0.1) is 25.2 Å². The lowest BCUT2D eigenvalue weighted by atomic mass is 10.1. The first-order chi connectivity index (χ1) is 9.31. The predicted octanol–water partition coefficient (Wildman–Crippen LogP) is 2.28. The van der Waals surface area contributed by atoms with Gasteiger partial charge in [0.25, 0.3) is 0 Å². The Hall–Kier alpha value is -1.40. The number of thiophene rings is 1. The molecule has 0 aliphatic carbocycles. The number of carbonyl (C=O) groups excluding carboxylic acids is 2. The van der Waals surface area contributed by atoms with Crippen LogP contribution in [0.3, 0.4) is 0 Å². The van der Waals surface area contributed by atoms with Gasteiger partial charge in [-0.1, -0.05) is 6.07 Å². The summed E-state index contributed by atoms with van der Waals surface area (Å²) in [6.45, 7) is 5.61. The molecule has 0 saturated carbocycles. The van der Waals surface area contributed by atoms with E-state index in [4.69, 9.17) is 4.74 Å². The van der Waals surface area contributed by atoms with Crippen LogP contribution in [0.4, 0.5) is 0 Å². The zero-order chi connectivity index (χ0) is 15.2. The Labute approximate surface area is 123 Å². The Bertz CT molecular complexity index is 437. The molecule has 1 unspecified atom stereocenters. The number of esters is 1. The molecule has 0 radical (unpaired) electrons. The molecule has 1 aromatic rings. The third-order valence-electron chi connectivity index (χ3n) is 2.46. The van der Waals surface area contributed by atoms with E-state index in [2.05, 4.69) is 10.1 Å². The van der Waals surface area contributed by atoms with Crippen LogP contribution in [0.5, 0.6) is 0 Å². The molecule has 0 bridgehead atoms. The maximum absolute atomic E-state index is 11.9. The lowest BCUT2D eigenvalue weighted by Crippen LogP contribution is -2.35. The highest BCUT2D eigenvalue weighted by atomic mass is 32.1. The molecular formula is C14H21NO4S.